The van der Waals surface area contributed by atoms with E-state index in [4.69, 9.17) is 4.74 Å². The van der Waals surface area contributed by atoms with E-state index in [1.165, 1.54) is 0 Å². The van der Waals surface area contributed by atoms with Crippen molar-refractivity contribution in [3.8, 4) is 0 Å². The second kappa shape index (κ2) is 6.06. The second-order valence-electron chi connectivity index (χ2n) is 3.20. The van der Waals surface area contributed by atoms with Gasteiger partial charge in [-0.3, -0.25) is 4.79 Å². The van der Waals surface area contributed by atoms with Gasteiger partial charge in [-0.25, -0.2) is 4.98 Å². The van der Waals surface area contributed by atoms with Crippen LogP contribution < -0.4 is 5.32 Å². The zero-order valence-corrected chi connectivity index (χ0v) is 9.19. The van der Waals surface area contributed by atoms with Crippen molar-refractivity contribution >= 4 is 11.9 Å². The van der Waals surface area contributed by atoms with Crippen LogP contribution in [0.4, 0.5) is 5.95 Å². The Hall–Kier alpha value is -1.52. The molecule has 0 aliphatic rings. The molecule has 0 fully saturated rings. The molecule has 5 heteroatoms. The predicted molar refractivity (Wildman–Crippen MR) is 57.6 cm³/mol. The highest BCUT2D eigenvalue weighted by Gasteiger charge is 2.01. The van der Waals surface area contributed by atoms with Gasteiger partial charge in [0.15, 0.2) is 0 Å². The maximum Gasteiger partial charge on any atom is 0.305 e. The number of ether oxygens (including phenoxy) is 1. The Balaban J connectivity index is 2.12. The molecule has 15 heavy (non-hydrogen) atoms. The van der Waals surface area contributed by atoms with Gasteiger partial charge in [0, 0.05) is 32.4 Å². The standard InChI is InChI=1S/C10H17N3O2/c1-3-15-9(14)5-4-6-11-10-12-7-8-13(10)2/h7-8H,3-6H2,1-2H3,(H,11,12). The normalized spacial score (nSPS) is 10.0. The first-order valence-electron chi connectivity index (χ1n) is 5.11. The quantitative estimate of drug-likeness (QED) is 0.567. The minimum Gasteiger partial charge on any atom is -0.466 e. The van der Waals surface area contributed by atoms with Crippen molar-refractivity contribution < 1.29 is 9.53 Å². The Labute approximate surface area is 89.4 Å². The van der Waals surface area contributed by atoms with Gasteiger partial charge in [-0.15, -0.1) is 0 Å². The van der Waals surface area contributed by atoms with Gasteiger partial charge in [-0.1, -0.05) is 0 Å². The SMILES string of the molecule is CCOC(=O)CCCNc1nccn1C. The van der Waals surface area contributed by atoms with E-state index >= 15 is 0 Å². The molecule has 1 aromatic heterocycles. The number of aromatic nitrogens is 2. The molecule has 0 amide bonds. The molecule has 0 atom stereocenters. The van der Waals surface area contributed by atoms with Gasteiger partial charge < -0.3 is 14.6 Å². The van der Waals surface area contributed by atoms with Crippen molar-refractivity contribution in [2.75, 3.05) is 18.5 Å². The van der Waals surface area contributed by atoms with Crippen LogP contribution in [0.5, 0.6) is 0 Å². The van der Waals surface area contributed by atoms with Crippen LogP contribution >= 0.6 is 0 Å². The molecule has 1 aromatic rings. The van der Waals surface area contributed by atoms with Gasteiger partial charge in [0.2, 0.25) is 5.95 Å². The van der Waals surface area contributed by atoms with Crippen LogP contribution in [0.3, 0.4) is 0 Å². The summed E-state index contributed by atoms with van der Waals surface area (Å²) in [4.78, 5) is 15.1. The summed E-state index contributed by atoms with van der Waals surface area (Å²) < 4.78 is 6.71. The molecule has 0 radical (unpaired) electrons. The van der Waals surface area contributed by atoms with Gasteiger partial charge >= 0.3 is 5.97 Å². The van der Waals surface area contributed by atoms with E-state index in [0.29, 0.717) is 13.0 Å². The van der Waals surface area contributed by atoms with Crippen molar-refractivity contribution in [1.29, 1.82) is 0 Å². The number of aryl methyl sites for hydroxylation is 1. The second-order valence-corrected chi connectivity index (χ2v) is 3.20. The van der Waals surface area contributed by atoms with Gasteiger partial charge in [-0.2, -0.15) is 0 Å². The van der Waals surface area contributed by atoms with Crippen LogP contribution in [-0.4, -0.2) is 28.7 Å². The summed E-state index contributed by atoms with van der Waals surface area (Å²) in [5.41, 5.74) is 0. The molecule has 0 aromatic carbocycles. The van der Waals surface area contributed by atoms with Crippen LogP contribution in [0.1, 0.15) is 19.8 Å². The number of nitrogens with one attached hydrogen (secondary N) is 1. The molecule has 1 N–H and O–H groups in total. The van der Waals surface area contributed by atoms with E-state index in [1.54, 1.807) is 6.20 Å². The number of anilines is 1. The fraction of sp³-hybridized carbons (Fsp3) is 0.600. The number of nitrogens with zero attached hydrogens (tertiary/aromatic N) is 2. The molecular weight excluding hydrogens is 194 g/mol. The molecule has 0 saturated carbocycles. The topological polar surface area (TPSA) is 56.1 Å². The molecule has 0 spiro atoms. The van der Waals surface area contributed by atoms with Crippen LogP contribution in [0.25, 0.3) is 0 Å². The monoisotopic (exact) mass is 211 g/mol. The van der Waals surface area contributed by atoms with E-state index in [2.05, 4.69) is 10.3 Å². The lowest BCUT2D eigenvalue weighted by Gasteiger charge is -2.05. The fourth-order valence-electron chi connectivity index (χ4n) is 1.20. The van der Waals surface area contributed by atoms with E-state index in [1.807, 2.05) is 24.7 Å². The first-order valence-corrected chi connectivity index (χ1v) is 5.11. The molecule has 0 bridgehead atoms. The van der Waals surface area contributed by atoms with Gasteiger partial charge in [0.25, 0.3) is 0 Å². The highest BCUT2D eigenvalue weighted by atomic mass is 16.5. The number of carbonyl (C=O) groups excluding carboxylic acids is 1. The summed E-state index contributed by atoms with van der Waals surface area (Å²) in [5, 5.41) is 3.13. The third-order valence-corrected chi connectivity index (χ3v) is 1.97. The number of carbonyl (C=O) groups is 1. The van der Waals surface area contributed by atoms with E-state index in [0.717, 1.165) is 18.9 Å². The highest BCUT2D eigenvalue weighted by molar-refractivity contribution is 5.69. The average Bonchev–Trinajstić information content (AvgIpc) is 2.60. The Morgan fingerprint density at radius 1 is 1.67 bits per heavy atom. The van der Waals surface area contributed by atoms with Crippen molar-refractivity contribution in [3.63, 3.8) is 0 Å². The van der Waals surface area contributed by atoms with Crippen molar-refractivity contribution in [1.82, 2.24) is 9.55 Å². The molecule has 0 aliphatic carbocycles. The number of rotatable bonds is 6. The Kier molecular flexibility index (Phi) is 4.66. The van der Waals surface area contributed by atoms with E-state index < -0.39 is 0 Å². The number of hydrogen-bond donors (Lipinski definition) is 1. The van der Waals surface area contributed by atoms with Crippen molar-refractivity contribution in [2.24, 2.45) is 7.05 Å². The van der Waals surface area contributed by atoms with Gasteiger partial charge in [0.05, 0.1) is 6.61 Å². The third-order valence-electron chi connectivity index (χ3n) is 1.97. The maximum absolute atomic E-state index is 11.0. The Bertz CT molecular complexity index is 309. The number of hydrogen-bond acceptors (Lipinski definition) is 4. The van der Waals surface area contributed by atoms with Gasteiger partial charge in [0.1, 0.15) is 0 Å². The third kappa shape index (κ3) is 4.01. The fourth-order valence-corrected chi connectivity index (χ4v) is 1.20. The Morgan fingerprint density at radius 2 is 2.47 bits per heavy atom. The lowest BCUT2D eigenvalue weighted by molar-refractivity contribution is -0.143. The summed E-state index contributed by atoms with van der Waals surface area (Å²) in [7, 11) is 1.92. The average molecular weight is 211 g/mol. The summed E-state index contributed by atoms with van der Waals surface area (Å²) in [6.07, 6.45) is 4.80. The summed E-state index contributed by atoms with van der Waals surface area (Å²) >= 11 is 0. The molecule has 84 valence electrons. The zero-order chi connectivity index (χ0) is 11.1. The molecule has 0 unspecified atom stereocenters. The molecule has 1 heterocycles. The minimum absolute atomic E-state index is 0.140. The lowest BCUT2D eigenvalue weighted by atomic mass is 10.3. The predicted octanol–water partition coefficient (Wildman–Crippen LogP) is 1.18. The highest BCUT2D eigenvalue weighted by Crippen LogP contribution is 2.01. The van der Waals surface area contributed by atoms with Crippen molar-refractivity contribution in [3.05, 3.63) is 12.4 Å². The largest absolute Gasteiger partial charge is 0.466 e. The first kappa shape index (κ1) is 11.6. The number of imidazole rings is 1. The van der Waals surface area contributed by atoms with E-state index in [9.17, 15) is 4.79 Å². The summed E-state index contributed by atoms with van der Waals surface area (Å²) in [6, 6.07) is 0. The minimum atomic E-state index is -0.140. The zero-order valence-electron chi connectivity index (χ0n) is 9.19. The van der Waals surface area contributed by atoms with Crippen LogP contribution in [0.15, 0.2) is 12.4 Å². The van der Waals surface area contributed by atoms with E-state index in [-0.39, 0.29) is 5.97 Å². The summed E-state index contributed by atoms with van der Waals surface area (Å²) in [6.45, 7) is 2.99. The molecular formula is C10H17N3O2. The molecule has 1 rings (SSSR count). The molecule has 5 nitrogen and oxygen atoms in total. The lowest BCUT2D eigenvalue weighted by Crippen LogP contribution is -2.10. The van der Waals surface area contributed by atoms with Crippen LogP contribution in [0, 0.1) is 0 Å². The Morgan fingerprint density at radius 3 is 3.07 bits per heavy atom. The molecule has 0 saturated heterocycles. The van der Waals surface area contributed by atoms with Crippen LogP contribution in [0.2, 0.25) is 0 Å². The smallest absolute Gasteiger partial charge is 0.305 e. The first-order chi connectivity index (χ1) is 7.24. The maximum atomic E-state index is 11.0. The van der Waals surface area contributed by atoms with Crippen LogP contribution in [-0.2, 0) is 16.6 Å². The van der Waals surface area contributed by atoms with Gasteiger partial charge in [-0.05, 0) is 13.3 Å². The number of esters is 1. The van der Waals surface area contributed by atoms with Crippen molar-refractivity contribution in [2.45, 2.75) is 19.8 Å². The molecule has 0 aliphatic heterocycles. The summed E-state index contributed by atoms with van der Waals surface area (Å²) in [5.74, 6) is 0.679.